The topological polar surface area (TPSA) is 29.5 Å². The van der Waals surface area contributed by atoms with Crippen LogP contribution in [0.15, 0.2) is 54.6 Å². The molecular formula is C23H21NO2. The summed E-state index contributed by atoms with van der Waals surface area (Å²) in [5.74, 6) is 0. The molecule has 26 heavy (non-hydrogen) atoms. The van der Waals surface area contributed by atoms with Crippen LogP contribution >= 0.6 is 0 Å². The summed E-state index contributed by atoms with van der Waals surface area (Å²) in [4.78, 5) is 14.2. The molecule has 1 saturated heterocycles. The highest BCUT2D eigenvalue weighted by Gasteiger charge is 2.30. The van der Waals surface area contributed by atoms with Gasteiger partial charge in [-0.25, -0.2) is 4.79 Å². The zero-order valence-corrected chi connectivity index (χ0v) is 14.9. The third kappa shape index (κ3) is 2.16. The normalized spacial score (nSPS) is 18.0. The van der Waals surface area contributed by atoms with E-state index in [1.807, 2.05) is 4.90 Å². The molecule has 4 aromatic carbocycles. The van der Waals surface area contributed by atoms with Crippen LogP contribution in [0.25, 0.3) is 32.3 Å². The Bertz CT molecular complexity index is 1100. The molecule has 0 saturated carbocycles. The number of carbonyl (C=O) groups is 1. The van der Waals surface area contributed by atoms with Gasteiger partial charge >= 0.3 is 6.09 Å². The molecule has 1 aliphatic heterocycles. The molecule has 130 valence electrons. The Hall–Kier alpha value is -2.81. The molecule has 0 bridgehead atoms. The van der Waals surface area contributed by atoms with Crippen molar-refractivity contribution in [2.24, 2.45) is 0 Å². The van der Waals surface area contributed by atoms with E-state index in [1.165, 1.54) is 45.0 Å². The highest BCUT2D eigenvalue weighted by atomic mass is 16.5. The number of benzene rings is 4. The monoisotopic (exact) mass is 343 g/mol. The minimum absolute atomic E-state index is 0.0840. The summed E-state index contributed by atoms with van der Waals surface area (Å²) in [6.07, 6.45) is 2.94. The maximum absolute atomic E-state index is 12.3. The van der Waals surface area contributed by atoms with Crippen molar-refractivity contribution in [1.82, 2.24) is 4.90 Å². The lowest BCUT2D eigenvalue weighted by Gasteiger charge is -2.35. The van der Waals surface area contributed by atoms with Crippen LogP contribution < -0.4 is 0 Å². The van der Waals surface area contributed by atoms with Crippen LogP contribution in [0.4, 0.5) is 4.79 Å². The number of piperidine rings is 1. The molecule has 3 nitrogen and oxygen atoms in total. The van der Waals surface area contributed by atoms with Gasteiger partial charge in [0.05, 0.1) is 13.2 Å². The Morgan fingerprint density at radius 2 is 1.62 bits per heavy atom. The first-order valence-electron chi connectivity index (χ1n) is 9.29. The lowest BCUT2D eigenvalue weighted by atomic mass is 9.87. The fourth-order valence-electron chi connectivity index (χ4n) is 4.64. The van der Waals surface area contributed by atoms with Crippen molar-refractivity contribution in [2.45, 2.75) is 25.3 Å². The maximum Gasteiger partial charge on any atom is 0.409 e. The first kappa shape index (κ1) is 15.4. The van der Waals surface area contributed by atoms with Gasteiger partial charge in [-0.15, -0.1) is 0 Å². The van der Waals surface area contributed by atoms with Crippen molar-refractivity contribution >= 4 is 38.4 Å². The van der Waals surface area contributed by atoms with E-state index in [2.05, 4.69) is 54.6 Å². The largest absolute Gasteiger partial charge is 0.453 e. The van der Waals surface area contributed by atoms with Crippen LogP contribution in [0.3, 0.4) is 0 Å². The van der Waals surface area contributed by atoms with Gasteiger partial charge in [0, 0.05) is 6.54 Å². The first-order chi connectivity index (χ1) is 12.8. The van der Waals surface area contributed by atoms with Gasteiger partial charge in [-0.1, -0.05) is 54.6 Å². The summed E-state index contributed by atoms with van der Waals surface area (Å²) in [7, 11) is 1.47. The van der Waals surface area contributed by atoms with Crippen molar-refractivity contribution in [3.05, 3.63) is 60.2 Å². The van der Waals surface area contributed by atoms with Gasteiger partial charge in [0.15, 0.2) is 0 Å². The number of amides is 1. The van der Waals surface area contributed by atoms with Crippen molar-refractivity contribution in [2.75, 3.05) is 13.7 Å². The van der Waals surface area contributed by atoms with Gasteiger partial charge in [-0.3, -0.25) is 0 Å². The molecule has 1 atom stereocenters. The molecule has 0 spiro atoms. The molecule has 0 radical (unpaired) electrons. The zero-order valence-electron chi connectivity index (χ0n) is 14.9. The number of methoxy groups -OCH3 is 1. The Morgan fingerprint density at radius 3 is 2.38 bits per heavy atom. The molecule has 5 rings (SSSR count). The predicted octanol–water partition coefficient (Wildman–Crippen LogP) is 5.88. The third-order valence-electron chi connectivity index (χ3n) is 5.83. The lowest BCUT2D eigenvalue weighted by molar-refractivity contribution is 0.0899. The van der Waals surface area contributed by atoms with E-state index < -0.39 is 0 Å². The summed E-state index contributed by atoms with van der Waals surface area (Å²) in [6.45, 7) is 0.763. The average molecular weight is 343 g/mol. The van der Waals surface area contributed by atoms with Crippen LogP contribution in [0, 0.1) is 0 Å². The summed E-state index contributed by atoms with van der Waals surface area (Å²) in [5, 5.41) is 7.69. The number of ether oxygens (including phenoxy) is 1. The molecule has 0 N–H and O–H groups in total. The van der Waals surface area contributed by atoms with Gasteiger partial charge in [-0.2, -0.15) is 0 Å². The van der Waals surface area contributed by atoms with E-state index >= 15 is 0 Å². The highest BCUT2D eigenvalue weighted by Crippen LogP contribution is 2.41. The Balaban J connectivity index is 1.79. The minimum atomic E-state index is -0.222. The van der Waals surface area contributed by atoms with E-state index in [1.54, 1.807) is 0 Å². The standard InChI is InChI=1S/C23H21NO2/c1-26-23(25)24-14-3-2-7-20(24)18-12-10-17-9-8-15-5-4-6-16-11-13-19(18)22(17)21(15)16/h4-6,8-13,20H,2-3,7,14H2,1H3. The first-order valence-corrected chi connectivity index (χ1v) is 9.29. The van der Waals surface area contributed by atoms with Gasteiger partial charge in [0.25, 0.3) is 0 Å². The molecule has 1 unspecified atom stereocenters. The molecule has 1 aliphatic rings. The summed E-state index contributed by atoms with van der Waals surface area (Å²) >= 11 is 0. The second kappa shape index (κ2) is 5.87. The zero-order chi connectivity index (χ0) is 17.7. The van der Waals surface area contributed by atoms with Crippen molar-refractivity contribution in [3.8, 4) is 0 Å². The summed E-state index contributed by atoms with van der Waals surface area (Å²) in [5.41, 5.74) is 1.24. The molecule has 1 heterocycles. The number of hydrogen-bond acceptors (Lipinski definition) is 2. The highest BCUT2D eigenvalue weighted by molar-refractivity contribution is 6.23. The van der Waals surface area contributed by atoms with Crippen LogP contribution in [0.5, 0.6) is 0 Å². The average Bonchev–Trinajstić information content (AvgIpc) is 2.71. The quantitative estimate of drug-likeness (QED) is 0.404. The number of nitrogens with zero attached hydrogens (tertiary/aromatic N) is 1. The molecule has 1 fully saturated rings. The molecule has 1 amide bonds. The Kier molecular flexibility index (Phi) is 3.49. The molecule has 0 aromatic heterocycles. The van der Waals surface area contributed by atoms with Crippen LogP contribution in [-0.4, -0.2) is 24.6 Å². The third-order valence-corrected chi connectivity index (χ3v) is 5.83. The fraction of sp³-hybridized carbons (Fsp3) is 0.261. The maximum atomic E-state index is 12.3. The lowest BCUT2D eigenvalue weighted by Crippen LogP contribution is -2.38. The van der Waals surface area contributed by atoms with E-state index in [4.69, 9.17) is 4.74 Å². The van der Waals surface area contributed by atoms with Crippen molar-refractivity contribution < 1.29 is 9.53 Å². The van der Waals surface area contributed by atoms with E-state index in [0.29, 0.717) is 0 Å². The second-order valence-electron chi connectivity index (χ2n) is 7.19. The smallest absolute Gasteiger partial charge is 0.409 e. The summed E-state index contributed by atoms with van der Waals surface area (Å²) < 4.78 is 5.05. The molecule has 4 aromatic rings. The van der Waals surface area contributed by atoms with Gasteiger partial charge < -0.3 is 9.64 Å². The van der Waals surface area contributed by atoms with Gasteiger partial charge in [-0.05, 0) is 57.1 Å². The van der Waals surface area contributed by atoms with Crippen LogP contribution in [0.1, 0.15) is 30.9 Å². The Labute approximate surface area is 152 Å². The van der Waals surface area contributed by atoms with Crippen LogP contribution in [0.2, 0.25) is 0 Å². The predicted molar refractivity (Wildman–Crippen MR) is 106 cm³/mol. The van der Waals surface area contributed by atoms with Gasteiger partial charge in [0.2, 0.25) is 0 Å². The number of likely N-dealkylation sites (tertiary alicyclic amines) is 1. The number of hydrogen-bond donors (Lipinski definition) is 0. The minimum Gasteiger partial charge on any atom is -0.453 e. The van der Waals surface area contributed by atoms with Crippen LogP contribution in [-0.2, 0) is 4.74 Å². The number of rotatable bonds is 1. The molecule has 0 aliphatic carbocycles. The molecule has 3 heteroatoms. The second-order valence-corrected chi connectivity index (χ2v) is 7.19. The van der Waals surface area contributed by atoms with Crippen molar-refractivity contribution in [3.63, 3.8) is 0 Å². The number of carbonyl (C=O) groups excluding carboxylic acids is 1. The van der Waals surface area contributed by atoms with E-state index in [-0.39, 0.29) is 12.1 Å². The summed E-state index contributed by atoms with van der Waals surface area (Å²) in [6, 6.07) is 19.8. The fourth-order valence-corrected chi connectivity index (χ4v) is 4.64. The SMILES string of the molecule is COC(=O)N1CCCCC1c1ccc2ccc3cccc4ccc1c2c34. The van der Waals surface area contributed by atoms with E-state index in [0.717, 1.165) is 25.8 Å². The van der Waals surface area contributed by atoms with E-state index in [9.17, 15) is 4.79 Å². The van der Waals surface area contributed by atoms with Gasteiger partial charge in [0.1, 0.15) is 0 Å². The van der Waals surface area contributed by atoms with Crippen molar-refractivity contribution in [1.29, 1.82) is 0 Å². The Morgan fingerprint density at radius 1 is 0.923 bits per heavy atom. The molecular weight excluding hydrogens is 322 g/mol.